The quantitative estimate of drug-likeness (QED) is 0.793. The molecule has 0 radical (unpaired) electrons. The molecule has 0 atom stereocenters. The van der Waals surface area contributed by atoms with Crippen LogP contribution in [0.3, 0.4) is 0 Å². The Bertz CT molecular complexity index is 631. The van der Waals surface area contributed by atoms with Crippen LogP contribution < -0.4 is 10.6 Å². The fourth-order valence-corrected chi connectivity index (χ4v) is 2.98. The van der Waals surface area contributed by atoms with E-state index < -0.39 is 24.5 Å². The Kier molecular flexibility index (Phi) is 6.87. The lowest BCUT2D eigenvalue weighted by atomic mass is 9.96. The molecule has 1 saturated carbocycles. The summed E-state index contributed by atoms with van der Waals surface area (Å²) in [6.45, 7) is -0.574. The number of esters is 1. The molecule has 0 unspecified atom stereocenters. The van der Waals surface area contributed by atoms with Gasteiger partial charge in [0.2, 0.25) is 0 Å². The van der Waals surface area contributed by atoms with Gasteiger partial charge in [-0.1, -0.05) is 42.5 Å². The van der Waals surface area contributed by atoms with Gasteiger partial charge in [0.1, 0.15) is 0 Å². The van der Waals surface area contributed by atoms with Crippen molar-refractivity contribution < 1.29 is 19.1 Å². The number of benzene rings is 1. The molecule has 1 fully saturated rings. The molecule has 0 aromatic heterocycles. The second-order valence-corrected chi connectivity index (χ2v) is 6.40. The monoisotopic (exact) mass is 372 g/mol. The number of imide groups is 1. The van der Waals surface area contributed by atoms with E-state index in [2.05, 4.69) is 10.6 Å². The maximum atomic E-state index is 11.9. The molecular formula is C16H18Cl2N2O4. The van der Waals surface area contributed by atoms with E-state index in [1.54, 1.807) is 0 Å². The summed E-state index contributed by atoms with van der Waals surface area (Å²) in [5, 5.41) is 5.39. The van der Waals surface area contributed by atoms with Crippen LogP contribution in [0.2, 0.25) is 10.0 Å². The lowest BCUT2D eigenvalue weighted by Crippen LogP contribution is -2.46. The van der Waals surface area contributed by atoms with Crippen molar-refractivity contribution in [2.45, 2.75) is 38.1 Å². The Labute approximate surface area is 149 Å². The second kappa shape index (κ2) is 8.89. The number of ether oxygens (including phenoxy) is 1. The standard InChI is InChI=1S/C16H18Cl2N2O4/c17-10-6-7-12(13(18)8-10)15(22)24-9-14(21)20-16(23)19-11-4-2-1-3-5-11/h6-8,11H,1-5,9H2,(H2,19,20,21,23). The zero-order valence-corrected chi connectivity index (χ0v) is 14.5. The van der Waals surface area contributed by atoms with Gasteiger partial charge in [-0.25, -0.2) is 9.59 Å². The maximum Gasteiger partial charge on any atom is 0.340 e. The predicted octanol–water partition coefficient (Wildman–Crippen LogP) is 3.31. The minimum atomic E-state index is -0.764. The third-order valence-electron chi connectivity index (χ3n) is 3.68. The number of halogens is 2. The van der Waals surface area contributed by atoms with E-state index in [1.165, 1.54) is 24.6 Å². The number of urea groups is 1. The third kappa shape index (κ3) is 5.69. The van der Waals surface area contributed by atoms with Crippen molar-refractivity contribution in [3.63, 3.8) is 0 Å². The summed E-state index contributed by atoms with van der Waals surface area (Å²) >= 11 is 11.6. The number of nitrogens with one attached hydrogen (secondary N) is 2. The average Bonchev–Trinajstić information content (AvgIpc) is 2.53. The van der Waals surface area contributed by atoms with Crippen molar-refractivity contribution in [2.24, 2.45) is 0 Å². The van der Waals surface area contributed by atoms with E-state index in [1.807, 2.05) is 0 Å². The zero-order valence-electron chi connectivity index (χ0n) is 12.9. The van der Waals surface area contributed by atoms with Gasteiger partial charge in [-0.05, 0) is 31.0 Å². The van der Waals surface area contributed by atoms with Gasteiger partial charge in [0.05, 0.1) is 10.6 Å². The highest BCUT2D eigenvalue weighted by atomic mass is 35.5. The maximum absolute atomic E-state index is 11.9. The first kappa shape index (κ1) is 18.5. The van der Waals surface area contributed by atoms with Gasteiger partial charge in [-0.3, -0.25) is 10.1 Å². The number of carbonyl (C=O) groups is 3. The molecule has 0 spiro atoms. The summed E-state index contributed by atoms with van der Waals surface area (Å²) in [5.41, 5.74) is 0.0977. The minimum Gasteiger partial charge on any atom is -0.452 e. The van der Waals surface area contributed by atoms with Crippen molar-refractivity contribution in [3.8, 4) is 0 Å². The number of carbonyl (C=O) groups excluding carboxylic acids is 3. The molecule has 3 amide bonds. The first-order valence-corrected chi connectivity index (χ1v) is 8.44. The molecule has 6 nitrogen and oxygen atoms in total. The van der Waals surface area contributed by atoms with Crippen molar-refractivity contribution in [3.05, 3.63) is 33.8 Å². The van der Waals surface area contributed by atoms with Crippen LogP contribution in [0.25, 0.3) is 0 Å². The first-order chi connectivity index (χ1) is 11.5. The smallest absolute Gasteiger partial charge is 0.340 e. The summed E-state index contributed by atoms with van der Waals surface area (Å²) in [5.74, 6) is -1.47. The van der Waals surface area contributed by atoms with Crippen LogP contribution in [0.1, 0.15) is 42.5 Å². The summed E-state index contributed by atoms with van der Waals surface area (Å²) in [6.07, 6.45) is 5.12. The first-order valence-electron chi connectivity index (χ1n) is 7.68. The van der Waals surface area contributed by atoms with E-state index in [0.717, 1.165) is 25.7 Å². The Morgan fingerprint density at radius 2 is 1.83 bits per heavy atom. The SMILES string of the molecule is O=C(COC(=O)c1ccc(Cl)cc1Cl)NC(=O)NC1CCCCC1. The van der Waals surface area contributed by atoms with Gasteiger partial charge in [-0.2, -0.15) is 0 Å². The average molecular weight is 373 g/mol. The van der Waals surface area contributed by atoms with E-state index in [0.29, 0.717) is 5.02 Å². The third-order valence-corrected chi connectivity index (χ3v) is 4.23. The molecule has 1 aromatic rings. The molecule has 0 aliphatic heterocycles. The summed E-state index contributed by atoms with van der Waals surface area (Å²) in [7, 11) is 0. The Hall–Kier alpha value is -1.79. The van der Waals surface area contributed by atoms with E-state index in [-0.39, 0.29) is 16.6 Å². The molecule has 130 valence electrons. The molecule has 1 aliphatic carbocycles. The van der Waals surface area contributed by atoms with Crippen LogP contribution in [0.15, 0.2) is 18.2 Å². The van der Waals surface area contributed by atoms with Crippen LogP contribution in [0.5, 0.6) is 0 Å². The Morgan fingerprint density at radius 3 is 2.50 bits per heavy atom. The molecule has 0 heterocycles. The lowest BCUT2D eigenvalue weighted by Gasteiger charge is -2.22. The van der Waals surface area contributed by atoms with E-state index in [4.69, 9.17) is 27.9 Å². The molecular weight excluding hydrogens is 355 g/mol. The van der Waals surface area contributed by atoms with Gasteiger partial charge >= 0.3 is 12.0 Å². The van der Waals surface area contributed by atoms with Crippen LogP contribution in [-0.2, 0) is 9.53 Å². The van der Waals surface area contributed by atoms with Crippen molar-refractivity contribution in [1.82, 2.24) is 10.6 Å². The Morgan fingerprint density at radius 1 is 1.12 bits per heavy atom. The predicted molar refractivity (Wildman–Crippen MR) is 90.3 cm³/mol. The Balaban J connectivity index is 1.75. The number of amides is 3. The fraction of sp³-hybridized carbons (Fsp3) is 0.438. The number of rotatable bonds is 4. The van der Waals surface area contributed by atoms with Crippen molar-refractivity contribution in [1.29, 1.82) is 0 Å². The number of hydrogen-bond donors (Lipinski definition) is 2. The van der Waals surface area contributed by atoms with Gasteiger partial charge < -0.3 is 10.1 Å². The molecule has 1 aromatic carbocycles. The van der Waals surface area contributed by atoms with Gasteiger partial charge in [0, 0.05) is 11.1 Å². The van der Waals surface area contributed by atoms with Gasteiger partial charge in [0.15, 0.2) is 6.61 Å². The van der Waals surface area contributed by atoms with Crippen molar-refractivity contribution >= 4 is 41.1 Å². The van der Waals surface area contributed by atoms with Crippen LogP contribution >= 0.6 is 23.2 Å². The second-order valence-electron chi connectivity index (χ2n) is 5.56. The molecule has 0 bridgehead atoms. The molecule has 2 rings (SSSR count). The molecule has 2 N–H and O–H groups in total. The van der Waals surface area contributed by atoms with Crippen molar-refractivity contribution in [2.75, 3.05) is 6.61 Å². The highest BCUT2D eigenvalue weighted by Gasteiger charge is 2.18. The summed E-state index contributed by atoms with van der Waals surface area (Å²) < 4.78 is 4.84. The summed E-state index contributed by atoms with van der Waals surface area (Å²) in [4.78, 5) is 35.2. The normalized spacial score (nSPS) is 14.8. The highest BCUT2D eigenvalue weighted by Crippen LogP contribution is 2.21. The van der Waals surface area contributed by atoms with Gasteiger partial charge in [-0.15, -0.1) is 0 Å². The lowest BCUT2D eigenvalue weighted by molar-refractivity contribution is -0.123. The van der Waals surface area contributed by atoms with Crippen LogP contribution in [0, 0.1) is 0 Å². The molecule has 1 aliphatic rings. The molecule has 0 saturated heterocycles. The molecule has 8 heteroatoms. The van der Waals surface area contributed by atoms with Gasteiger partial charge in [0.25, 0.3) is 5.91 Å². The van der Waals surface area contributed by atoms with E-state index in [9.17, 15) is 14.4 Å². The number of hydrogen-bond acceptors (Lipinski definition) is 4. The minimum absolute atomic E-state index is 0.0852. The van der Waals surface area contributed by atoms with Crippen LogP contribution in [0.4, 0.5) is 4.79 Å². The zero-order chi connectivity index (χ0) is 17.5. The van der Waals surface area contributed by atoms with E-state index >= 15 is 0 Å². The topological polar surface area (TPSA) is 84.5 Å². The van der Waals surface area contributed by atoms with Crippen LogP contribution in [-0.4, -0.2) is 30.6 Å². The largest absolute Gasteiger partial charge is 0.452 e. The summed E-state index contributed by atoms with van der Waals surface area (Å²) in [6, 6.07) is 3.80. The molecule has 24 heavy (non-hydrogen) atoms. The highest BCUT2D eigenvalue weighted by molar-refractivity contribution is 6.36. The fourth-order valence-electron chi connectivity index (χ4n) is 2.49.